The number of H-pyrrole nitrogens is 1. The number of carbonyl (C=O) groups is 2. The van der Waals surface area contributed by atoms with Gasteiger partial charge in [0, 0.05) is 37.0 Å². The largest absolute Gasteiger partial charge is 0.444 e. The van der Waals surface area contributed by atoms with E-state index in [0.29, 0.717) is 25.6 Å². The van der Waals surface area contributed by atoms with Gasteiger partial charge in [-0.05, 0) is 56.7 Å². The molecule has 3 N–H and O–H groups in total. The number of aromatic amines is 1. The Bertz CT molecular complexity index is 787. The zero-order valence-electron chi connectivity index (χ0n) is 15.5. The van der Waals surface area contributed by atoms with Crippen molar-refractivity contribution in [3.05, 3.63) is 30.5 Å². The Morgan fingerprint density at radius 3 is 2.77 bits per heavy atom. The number of hydrogen-bond donors (Lipinski definition) is 3. The Kier molecular flexibility index (Phi) is 5.06. The zero-order chi connectivity index (χ0) is 18.7. The average molecular weight is 358 g/mol. The number of aromatic nitrogens is 1. The van der Waals surface area contributed by atoms with Crippen LogP contribution >= 0.6 is 0 Å². The summed E-state index contributed by atoms with van der Waals surface area (Å²) in [6, 6.07) is 7.50. The summed E-state index contributed by atoms with van der Waals surface area (Å²) in [5, 5.41) is 6.80. The van der Waals surface area contributed by atoms with Crippen molar-refractivity contribution in [2.24, 2.45) is 5.92 Å². The SMILES string of the molecule is CC(C)(C)OC(=O)N1CC(CCNC(=O)Nc2ccc3cc[nH]c3c2)C1. The fourth-order valence-corrected chi connectivity index (χ4v) is 2.92. The molecule has 7 heteroatoms. The van der Waals surface area contributed by atoms with Crippen LogP contribution in [0.3, 0.4) is 0 Å². The molecule has 0 spiro atoms. The topological polar surface area (TPSA) is 86.5 Å². The van der Waals surface area contributed by atoms with Crippen LogP contribution in [0.25, 0.3) is 10.9 Å². The number of amides is 3. The average Bonchev–Trinajstić information content (AvgIpc) is 2.95. The van der Waals surface area contributed by atoms with Crippen LogP contribution in [0, 0.1) is 5.92 Å². The van der Waals surface area contributed by atoms with Crippen molar-refractivity contribution in [1.82, 2.24) is 15.2 Å². The highest BCUT2D eigenvalue weighted by molar-refractivity contribution is 5.92. The van der Waals surface area contributed by atoms with Gasteiger partial charge < -0.3 is 25.3 Å². The van der Waals surface area contributed by atoms with Crippen LogP contribution < -0.4 is 10.6 Å². The van der Waals surface area contributed by atoms with Gasteiger partial charge in [-0.25, -0.2) is 9.59 Å². The number of ether oxygens (including phenoxy) is 1. The minimum Gasteiger partial charge on any atom is -0.444 e. The second kappa shape index (κ2) is 7.27. The van der Waals surface area contributed by atoms with Gasteiger partial charge in [-0.3, -0.25) is 0 Å². The predicted octanol–water partition coefficient (Wildman–Crippen LogP) is 3.55. The van der Waals surface area contributed by atoms with Crippen LogP contribution in [0.5, 0.6) is 0 Å². The molecule has 3 rings (SSSR count). The number of rotatable bonds is 4. The monoisotopic (exact) mass is 358 g/mol. The fourth-order valence-electron chi connectivity index (χ4n) is 2.92. The molecule has 140 valence electrons. The molecule has 0 atom stereocenters. The highest BCUT2D eigenvalue weighted by Crippen LogP contribution is 2.21. The number of urea groups is 1. The lowest BCUT2D eigenvalue weighted by Crippen LogP contribution is -2.52. The standard InChI is InChI=1S/C19H26N4O3/c1-19(2,3)26-18(25)23-11-13(12-23)6-8-21-17(24)22-15-5-4-14-7-9-20-16(14)10-15/h4-5,7,9-10,13,20H,6,8,11-12H2,1-3H3,(H2,21,22,24). The number of nitrogens with zero attached hydrogens (tertiary/aromatic N) is 1. The lowest BCUT2D eigenvalue weighted by atomic mass is 9.97. The van der Waals surface area contributed by atoms with Gasteiger partial charge >= 0.3 is 12.1 Å². The van der Waals surface area contributed by atoms with Crippen molar-refractivity contribution in [2.75, 3.05) is 25.0 Å². The molecular weight excluding hydrogens is 332 g/mol. The van der Waals surface area contributed by atoms with E-state index in [1.54, 1.807) is 4.90 Å². The normalized spacial score (nSPS) is 14.8. The summed E-state index contributed by atoms with van der Waals surface area (Å²) in [6.45, 7) is 7.52. The van der Waals surface area contributed by atoms with Crippen molar-refractivity contribution in [1.29, 1.82) is 0 Å². The van der Waals surface area contributed by atoms with E-state index in [2.05, 4.69) is 15.6 Å². The first-order valence-electron chi connectivity index (χ1n) is 8.90. The van der Waals surface area contributed by atoms with Gasteiger partial charge in [0.2, 0.25) is 0 Å². The molecule has 0 saturated carbocycles. The molecule has 0 aliphatic carbocycles. The highest BCUT2D eigenvalue weighted by atomic mass is 16.6. The van der Waals surface area contributed by atoms with Gasteiger partial charge in [0.1, 0.15) is 5.60 Å². The maximum Gasteiger partial charge on any atom is 0.410 e. The van der Waals surface area contributed by atoms with Gasteiger partial charge in [0.05, 0.1) is 0 Å². The smallest absolute Gasteiger partial charge is 0.410 e. The van der Waals surface area contributed by atoms with Crippen molar-refractivity contribution < 1.29 is 14.3 Å². The van der Waals surface area contributed by atoms with Crippen molar-refractivity contribution >= 4 is 28.7 Å². The van der Waals surface area contributed by atoms with E-state index in [1.807, 2.05) is 51.2 Å². The molecule has 1 saturated heterocycles. The lowest BCUT2D eigenvalue weighted by Gasteiger charge is -2.39. The van der Waals surface area contributed by atoms with E-state index in [4.69, 9.17) is 4.74 Å². The van der Waals surface area contributed by atoms with Crippen LogP contribution in [-0.2, 0) is 4.74 Å². The lowest BCUT2D eigenvalue weighted by molar-refractivity contribution is -0.00195. The van der Waals surface area contributed by atoms with Crippen LogP contribution in [-0.4, -0.2) is 47.2 Å². The maximum atomic E-state index is 12.0. The maximum absolute atomic E-state index is 12.0. The van der Waals surface area contributed by atoms with Crippen LogP contribution in [0.1, 0.15) is 27.2 Å². The third kappa shape index (κ3) is 4.68. The Hall–Kier alpha value is -2.70. The number of anilines is 1. The summed E-state index contributed by atoms with van der Waals surface area (Å²) in [6.07, 6.45) is 2.44. The van der Waals surface area contributed by atoms with Crippen molar-refractivity contribution in [2.45, 2.75) is 32.8 Å². The molecule has 1 aliphatic rings. The molecule has 7 nitrogen and oxygen atoms in total. The third-order valence-electron chi connectivity index (χ3n) is 4.26. The van der Waals surface area contributed by atoms with Crippen LogP contribution in [0.2, 0.25) is 0 Å². The first-order valence-corrected chi connectivity index (χ1v) is 8.90. The number of hydrogen-bond acceptors (Lipinski definition) is 3. The van der Waals surface area contributed by atoms with Gasteiger partial charge in [-0.2, -0.15) is 0 Å². The second-order valence-electron chi connectivity index (χ2n) is 7.70. The molecule has 26 heavy (non-hydrogen) atoms. The number of nitrogens with one attached hydrogen (secondary N) is 3. The molecule has 0 unspecified atom stereocenters. The molecule has 2 aromatic rings. The van der Waals surface area contributed by atoms with Gasteiger partial charge in [0.25, 0.3) is 0 Å². The summed E-state index contributed by atoms with van der Waals surface area (Å²) < 4.78 is 5.33. The zero-order valence-corrected chi connectivity index (χ0v) is 15.5. The Labute approximate surface area is 153 Å². The molecule has 1 aromatic heterocycles. The quantitative estimate of drug-likeness (QED) is 0.781. The van der Waals surface area contributed by atoms with Crippen molar-refractivity contribution in [3.8, 4) is 0 Å². The number of fused-ring (bicyclic) bond motifs is 1. The molecule has 0 radical (unpaired) electrons. The number of likely N-dealkylation sites (tertiary alicyclic amines) is 1. The molecule has 0 bridgehead atoms. The first kappa shape index (κ1) is 18.1. The summed E-state index contributed by atoms with van der Waals surface area (Å²) in [4.78, 5) is 28.7. The van der Waals surface area contributed by atoms with Crippen LogP contribution in [0.15, 0.2) is 30.5 Å². The van der Waals surface area contributed by atoms with E-state index in [9.17, 15) is 9.59 Å². The minimum absolute atomic E-state index is 0.223. The minimum atomic E-state index is -0.467. The molecular formula is C19H26N4O3. The fraction of sp³-hybridized carbons (Fsp3) is 0.474. The van der Waals surface area contributed by atoms with Crippen molar-refractivity contribution in [3.63, 3.8) is 0 Å². The van der Waals surface area contributed by atoms with Gasteiger partial charge in [-0.1, -0.05) is 6.07 Å². The Morgan fingerprint density at radius 2 is 2.04 bits per heavy atom. The van der Waals surface area contributed by atoms with E-state index in [0.717, 1.165) is 23.0 Å². The molecule has 1 fully saturated rings. The van der Waals surface area contributed by atoms with E-state index in [-0.39, 0.29) is 12.1 Å². The van der Waals surface area contributed by atoms with E-state index < -0.39 is 5.60 Å². The van der Waals surface area contributed by atoms with Gasteiger partial charge in [-0.15, -0.1) is 0 Å². The van der Waals surface area contributed by atoms with Gasteiger partial charge in [0.15, 0.2) is 0 Å². The molecule has 1 aromatic carbocycles. The highest BCUT2D eigenvalue weighted by Gasteiger charge is 2.33. The molecule has 2 heterocycles. The Morgan fingerprint density at radius 1 is 1.27 bits per heavy atom. The Balaban J connectivity index is 1.34. The first-order chi connectivity index (χ1) is 12.3. The summed E-state index contributed by atoms with van der Waals surface area (Å²) in [5.41, 5.74) is 1.27. The number of carbonyl (C=O) groups excluding carboxylic acids is 2. The van der Waals surface area contributed by atoms with E-state index in [1.165, 1.54) is 0 Å². The predicted molar refractivity (Wildman–Crippen MR) is 101 cm³/mol. The molecule has 3 amide bonds. The summed E-state index contributed by atoms with van der Waals surface area (Å²) in [7, 11) is 0. The molecule has 1 aliphatic heterocycles. The summed E-state index contributed by atoms with van der Waals surface area (Å²) in [5.74, 6) is 0.401. The summed E-state index contributed by atoms with van der Waals surface area (Å²) >= 11 is 0. The second-order valence-corrected chi connectivity index (χ2v) is 7.70. The van der Waals surface area contributed by atoms with Crippen LogP contribution in [0.4, 0.5) is 15.3 Å². The van der Waals surface area contributed by atoms with E-state index >= 15 is 0 Å². The third-order valence-corrected chi connectivity index (χ3v) is 4.26. The number of benzene rings is 1.